The van der Waals surface area contributed by atoms with Crippen molar-refractivity contribution in [3.05, 3.63) is 35.1 Å². The van der Waals surface area contributed by atoms with Crippen LogP contribution in [0.2, 0.25) is 0 Å². The van der Waals surface area contributed by atoms with E-state index >= 15 is 0 Å². The summed E-state index contributed by atoms with van der Waals surface area (Å²) in [6.45, 7) is 1.86. The Labute approximate surface area is 86.2 Å². The smallest absolute Gasteiger partial charge is 0.133 e. The van der Waals surface area contributed by atoms with Gasteiger partial charge in [-0.05, 0) is 6.42 Å². The Morgan fingerprint density at radius 3 is 2.20 bits per heavy atom. The molecule has 3 N–H and O–H groups in total. The van der Waals surface area contributed by atoms with Gasteiger partial charge in [-0.3, -0.25) is 11.3 Å². The van der Waals surface area contributed by atoms with E-state index in [2.05, 4.69) is 5.43 Å². The third-order valence-electron chi connectivity index (χ3n) is 2.17. The molecule has 2 nitrogen and oxygen atoms in total. The Morgan fingerprint density at radius 2 is 1.80 bits per heavy atom. The normalized spacial score (nSPS) is 12.9. The third-order valence-corrected chi connectivity index (χ3v) is 2.17. The van der Waals surface area contributed by atoms with E-state index in [-0.39, 0.29) is 5.56 Å². The number of rotatable bonds is 4. The lowest BCUT2D eigenvalue weighted by atomic mass is 10.0. The highest BCUT2D eigenvalue weighted by molar-refractivity contribution is 5.24. The number of benzene rings is 1. The summed E-state index contributed by atoms with van der Waals surface area (Å²) in [5.41, 5.74) is 2.11. The maximum absolute atomic E-state index is 13.3. The fourth-order valence-electron chi connectivity index (χ4n) is 1.49. The van der Waals surface area contributed by atoms with Gasteiger partial charge < -0.3 is 0 Å². The molecule has 1 aromatic rings. The van der Waals surface area contributed by atoms with Crippen molar-refractivity contribution >= 4 is 0 Å². The first kappa shape index (κ1) is 12.0. The lowest BCUT2D eigenvalue weighted by Gasteiger charge is -2.16. The highest BCUT2D eigenvalue weighted by Gasteiger charge is 2.19. The number of nitrogens with one attached hydrogen (secondary N) is 1. The molecule has 1 unspecified atom stereocenters. The summed E-state index contributed by atoms with van der Waals surface area (Å²) in [6, 6.07) is 0.673. The summed E-state index contributed by atoms with van der Waals surface area (Å²) in [4.78, 5) is 0. The molecule has 84 valence electrons. The van der Waals surface area contributed by atoms with E-state index in [4.69, 9.17) is 5.84 Å². The van der Waals surface area contributed by atoms with Gasteiger partial charge in [0.15, 0.2) is 0 Å². The van der Waals surface area contributed by atoms with Gasteiger partial charge in [0.1, 0.15) is 17.5 Å². The zero-order valence-corrected chi connectivity index (χ0v) is 8.36. The van der Waals surface area contributed by atoms with Gasteiger partial charge in [-0.2, -0.15) is 0 Å². The number of hydrogen-bond donors (Lipinski definition) is 2. The van der Waals surface area contributed by atoms with Crippen molar-refractivity contribution in [1.29, 1.82) is 0 Å². The maximum Gasteiger partial charge on any atom is 0.133 e. The molecule has 1 aromatic carbocycles. The zero-order chi connectivity index (χ0) is 11.4. The summed E-state index contributed by atoms with van der Waals surface area (Å²) in [6.07, 6.45) is 1.20. The second-order valence-electron chi connectivity index (χ2n) is 3.29. The van der Waals surface area contributed by atoms with Gasteiger partial charge in [0.05, 0.1) is 6.04 Å². The van der Waals surface area contributed by atoms with Crippen LogP contribution in [0.4, 0.5) is 13.2 Å². The summed E-state index contributed by atoms with van der Waals surface area (Å²) in [5, 5.41) is 0. The first-order chi connectivity index (χ1) is 7.10. The van der Waals surface area contributed by atoms with Gasteiger partial charge in [-0.1, -0.05) is 13.3 Å². The van der Waals surface area contributed by atoms with Crippen molar-refractivity contribution in [3.8, 4) is 0 Å². The van der Waals surface area contributed by atoms with Gasteiger partial charge in [-0.25, -0.2) is 13.2 Å². The second-order valence-corrected chi connectivity index (χ2v) is 3.29. The molecule has 5 heteroatoms. The SMILES string of the molecule is CCCC(NN)c1c(F)cc(F)cc1F. The van der Waals surface area contributed by atoms with Crippen LogP contribution in [0.3, 0.4) is 0 Å². The molecule has 0 spiro atoms. The highest BCUT2D eigenvalue weighted by Crippen LogP contribution is 2.24. The number of halogens is 3. The van der Waals surface area contributed by atoms with E-state index in [0.717, 1.165) is 0 Å². The van der Waals surface area contributed by atoms with Crippen molar-refractivity contribution < 1.29 is 13.2 Å². The molecule has 0 heterocycles. The quantitative estimate of drug-likeness (QED) is 0.601. The van der Waals surface area contributed by atoms with Crippen molar-refractivity contribution in [2.45, 2.75) is 25.8 Å². The molecule has 0 radical (unpaired) electrons. The lowest BCUT2D eigenvalue weighted by molar-refractivity contribution is 0.443. The first-order valence-electron chi connectivity index (χ1n) is 4.70. The van der Waals surface area contributed by atoms with Crippen LogP contribution in [0.25, 0.3) is 0 Å². The minimum atomic E-state index is -0.930. The van der Waals surface area contributed by atoms with Crippen molar-refractivity contribution in [3.63, 3.8) is 0 Å². The fraction of sp³-hybridized carbons (Fsp3) is 0.400. The van der Waals surface area contributed by atoms with Gasteiger partial charge in [0, 0.05) is 17.7 Å². The molecule has 0 saturated carbocycles. The standard InChI is InChI=1S/C10H13F3N2/c1-2-3-9(15-14)10-7(12)4-6(11)5-8(10)13/h4-5,9,15H,2-3,14H2,1H3. The first-order valence-corrected chi connectivity index (χ1v) is 4.70. The van der Waals surface area contributed by atoms with Crippen LogP contribution in [0, 0.1) is 17.5 Å². The van der Waals surface area contributed by atoms with Crippen LogP contribution in [0.15, 0.2) is 12.1 Å². The topological polar surface area (TPSA) is 38.0 Å². The Bertz CT molecular complexity index is 318. The van der Waals surface area contributed by atoms with Crippen LogP contribution in [-0.4, -0.2) is 0 Å². The predicted octanol–water partition coefficient (Wildman–Crippen LogP) is 2.41. The molecule has 1 atom stereocenters. The summed E-state index contributed by atoms with van der Waals surface area (Å²) in [7, 11) is 0. The van der Waals surface area contributed by atoms with Gasteiger partial charge in [0.2, 0.25) is 0 Å². The maximum atomic E-state index is 13.3. The van der Waals surface area contributed by atoms with Crippen LogP contribution in [-0.2, 0) is 0 Å². The third kappa shape index (κ3) is 2.70. The van der Waals surface area contributed by atoms with E-state index in [0.29, 0.717) is 25.0 Å². The molecule has 0 bridgehead atoms. The van der Waals surface area contributed by atoms with Crippen LogP contribution in [0.1, 0.15) is 31.4 Å². The Kier molecular flexibility index (Phi) is 4.11. The van der Waals surface area contributed by atoms with Crippen LogP contribution >= 0.6 is 0 Å². The van der Waals surface area contributed by atoms with Crippen molar-refractivity contribution in [2.75, 3.05) is 0 Å². The molecule has 0 amide bonds. The average Bonchev–Trinajstić information content (AvgIpc) is 2.14. The summed E-state index contributed by atoms with van der Waals surface area (Å²) < 4.78 is 39.2. The van der Waals surface area contributed by atoms with Crippen LogP contribution < -0.4 is 11.3 Å². The molecular weight excluding hydrogens is 205 g/mol. The fourth-order valence-corrected chi connectivity index (χ4v) is 1.49. The van der Waals surface area contributed by atoms with Crippen molar-refractivity contribution in [2.24, 2.45) is 5.84 Å². The van der Waals surface area contributed by atoms with Crippen LogP contribution in [0.5, 0.6) is 0 Å². The molecule has 15 heavy (non-hydrogen) atoms. The minimum Gasteiger partial charge on any atom is -0.271 e. The highest BCUT2D eigenvalue weighted by atomic mass is 19.1. The molecule has 0 saturated heterocycles. The number of hydrazine groups is 1. The van der Waals surface area contributed by atoms with E-state index < -0.39 is 23.5 Å². The van der Waals surface area contributed by atoms with E-state index in [1.165, 1.54) is 0 Å². The average molecular weight is 218 g/mol. The Balaban J connectivity index is 3.11. The zero-order valence-electron chi connectivity index (χ0n) is 8.36. The summed E-state index contributed by atoms with van der Waals surface area (Å²) in [5.74, 6) is 2.43. The molecule has 0 fully saturated rings. The molecule has 0 aromatic heterocycles. The molecular formula is C10H13F3N2. The van der Waals surface area contributed by atoms with E-state index in [9.17, 15) is 13.2 Å². The minimum absolute atomic E-state index is 0.208. The molecule has 0 aliphatic rings. The Hall–Kier alpha value is -1.07. The number of hydrogen-bond acceptors (Lipinski definition) is 2. The molecule has 1 rings (SSSR count). The van der Waals surface area contributed by atoms with Gasteiger partial charge >= 0.3 is 0 Å². The van der Waals surface area contributed by atoms with Gasteiger partial charge in [0.25, 0.3) is 0 Å². The Morgan fingerprint density at radius 1 is 1.27 bits per heavy atom. The molecule has 0 aliphatic carbocycles. The lowest BCUT2D eigenvalue weighted by Crippen LogP contribution is -2.29. The summed E-state index contributed by atoms with van der Waals surface area (Å²) >= 11 is 0. The monoisotopic (exact) mass is 218 g/mol. The van der Waals surface area contributed by atoms with Crippen molar-refractivity contribution in [1.82, 2.24) is 5.43 Å². The van der Waals surface area contributed by atoms with Gasteiger partial charge in [-0.15, -0.1) is 0 Å². The number of nitrogens with two attached hydrogens (primary N) is 1. The second kappa shape index (κ2) is 5.14. The van der Waals surface area contributed by atoms with E-state index in [1.807, 2.05) is 6.92 Å². The molecule has 0 aliphatic heterocycles. The predicted molar refractivity (Wildman–Crippen MR) is 51.3 cm³/mol. The van der Waals surface area contributed by atoms with E-state index in [1.54, 1.807) is 0 Å². The largest absolute Gasteiger partial charge is 0.271 e.